The maximum atomic E-state index is 4.74. The summed E-state index contributed by atoms with van der Waals surface area (Å²) in [6.45, 7) is 7.86. The zero-order valence-corrected chi connectivity index (χ0v) is 19.4. The van der Waals surface area contributed by atoms with Crippen molar-refractivity contribution in [2.24, 2.45) is 4.99 Å². The van der Waals surface area contributed by atoms with Crippen molar-refractivity contribution >= 4 is 47.1 Å². The predicted molar refractivity (Wildman–Crippen MR) is 124 cm³/mol. The standard InChI is InChI=1S/C19H29N5S.HI/c1-6-20-19(23-14(2)12-17-10-9-15(3)25-17)22-13-16-8-7-11-21-18(16)24(4)5;/h7-11,14H,6,12-13H2,1-5H3,(H2,20,22,23);1H. The average Bonchev–Trinajstić information content (AvgIpc) is 2.97. The fourth-order valence-corrected chi connectivity index (χ4v) is 3.64. The number of aryl methyl sites for hydroxylation is 1. The Morgan fingerprint density at radius 1 is 1.31 bits per heavy atom. The molecule has 2 heterocycles. The highest BCUT2D eigenvalue weighted by molar-refractivity contribution is 14.0. The van der Waals surface area contributed by atoms with Gasteiger partial charge in [-0.2, -0.15) is 0 Å². The van der Waals surface area contributed by atoms with Gasteiger partial charge >= 0.3 is 0 Å². The monoisotopic (exact) mass is 487 g/mol. The molecule has 0 aromatic carbocycles. The number of pyridine rings is 1. The Morgan fingerprint density at radius 3 is 2.69 bits per heavy atom. The number of aliphatic imine (C=N–C) groups is 1. The third kappa shape index (κ3) is 7.11. The SMILES string of the molecule is CCNC(=NCc1cccnc1N(C)C)NC(C)Cc1ccc(C)s1.I. The second kappa shape index (κ2) is 11.4. The Labute approximate surface area is 178 Å². The molecule has 26 heavy (non-hydrogen) atoms. The van der Waals surface area contributed by atoms with Gasteiger partial charge in [0.05, 0.1) is 6.54 Å². The molecule has 0 bridgehead atoms. The molecule has 144 valence electrons. The van der Waals surface area contributed by atoms with E-state index in [2.05, 4.69) is 54.6 Å². The number of halogens is 1. The first-order valence-electron chi connectivity index (χ1n) is 8.71. The van der Waals surface area contributed by atoms with Crippen molar-refractivity contribution in [3.63, 3.8) is 0 Å². The van der Waals surface area contributed by atoms with Gasteiger partial charge in [-0.3, -0.25) is 0 Å². The smallest absolute Gasteiger partial charge is 0.191 e. The van der Waals surface area contributed by atoms with Gasteiger partial charge in [-0.1, -0.05) is 6.07 Å². The van der Waals surface area contributed by atoms with Crippen LogP contribution in [0.1, 0.15) is 29.2 Å². The predicted octanol–water partition coefficient (Wildman–Crippen LogP) is 3.82. The van der Waals surface area contributed by atoms with Crippen LogP contribution in [0, 0.1) is 6.92 Å². The van der Waals surface area contributed by atoms with Gasteiger partial charge in [-0.05, 0) is 39.0 Å². The summed E-state index contributed by atoms with van der Waals surface area (Å²) in [7, 11) is 4.01. The topological polar surface area (TPSA) is 52.6 Å². The molecule has 2 aromatic rings. The lowest BCUT2D eigenvalue weighted by molar-refractivity contribution is 0.645. The van der Waals surface area contributed by atoms with Gasteiger partial charge in [0.15, 0.2) is 5.96 Å². The van der Waals surface area contributed by atoms with E-state index in [4.69, 9.17) is 4.99 Å². The highest BCUT2D eigenvalue weighted by atomic mass is 127. The van der Waals surface area contributed by atoms with Crippen molar-refractivity contribution in [2.45, 2.75) is 39.8 Å². The minimum absolute atomic E-state index is 0. The summed E-state index contributed by atoms with van der Waals surface area (Å²) < 4.78 is 0. The van der Waals surface area contributed by atoms with Gasteiger partial charge in [0, 0.05) is 54.6 Å². The summed E-state index contributed by atoms with van der Waals surface area (Å²) in [6.07, 6.45) is 2.82. The fourth-order valence-electron chi connectivity index (χ4n) is 2.62. The molecule has 1 unspecified atom stereocenters. The summed E-state index contributed by atoms with van der Waals surface area (Å²) in [4.78, 5) is 14.0. The number of nitrogens with zero attached hydrogens (tertiary/aromatic N) is 3. The Balaban J connectivity index is 0.00000338. The van der Waals surface area contributed by atoms with Crippen LogP contribution in [-0.2, 0) is 13.0 Å². The van der Waals surface area contributed by atoms with E-state index in [9.17, 15) is 0 Å². The molecule has 0 amide bonds. The van der Waals surface area contributed by atoms with E-state index in [1.165, 1.54) is 9.75 Å². The molecule has 7 heteroatoms. The Kier molecular flexibility index (Phi) is 9.93. The molecule has 0 aliphatic heterocycles. The summed E-state index contributed by atoms with van der Waals surface area (Å²) in [5, 5.41) is 6.84. The quantitative estimate of drug-likeness (QED) is 0.354. The minimum atomic E-state index is 0. The number of guanidine groups is 1. The van der Waals surface area contributed by atoms with E-state index in [-0.39, 0.29) is 24.0 Å². The molecule has 0 aliphatic rings. The number of aromatic nitrogens is 1. The van der Waals surface area contributed by atoms with Crippen LogP contribution in [0.25, 0.3) is 0 Å². The summed E-state index contributed by atoms with van der Waals surface area (Å²) >= 11 is 1.86. The van der Waals surface area contributed by atoms with Crippen molar-refractivity contribution in [1.82, 2.24) is 15.6 Å². The van der Waals surface area contributed by atoms with Gasteiger partial charge in [0.25, 0.3) is 0 Å². The van der Waals surface area contributed by atoms with Gasteiger partial charge in [-0.15, -0.1) is 35.3 Å². The largest absolute Gasteiger partial charge is 0.362 e. The first kappa shape index (κ1) is 22.7. The molecule has 1 atom stereocenters. The molecule has 0 spiro atoms. The lowest BCUT2D eigenvalue weighted by Gasteiger charge is -2.18. The lowest BCUT2D eigenvalue weighted by atomic mass is 10.2. The van der Waals surface area contributed by atoms with Crippen LogP contribution in [0.15, 0.2) is 35.5 Å². The van der Waals surface area contributed by atoms with Crippen molar-refractivity contribution in [2.75, 3.05) is 25.5 Å². The van der Waals surface area contributed by atoms with Crippen LogP contribution in [-0.4, -0.2) is 37.6 Å². The third-order valence-corrected chi connectivity index (χ3v) is 4.75. The maximum Gasteiger partial charge on any atom is 0.191 e. The van der Waals surface area contributed by atoms with Crippen LogP contribution in [0.3, 0.4) is 0 Å². The van der Waals surface area contributed by atoms with Crippen LogP contribution in [0.4, 0.5) is 5.82 Å². The van der Waals surface area contributed by atoms with Gasteiger partial charge in [0.2, 0.25) is 0 Å². The van der Waals surface area contributed by atoms with Crippen LogP contribution in [0.2, 0.25) is 0 Å². The number of thiophene rings is 1. The van der Waals surface area contributed by atoms with E-state index in [1.54, 1.807) is 0 Å². The van der Waals surface area contributed by atoms with Crippen LogP contribution in [0.5, 0.6) is 0 Å². The van der Waals surface area contributed by atoms with Gasteiger partial charge < -0.3 is 15.5 Å². The summed E-state index contributed by atoms with van der Waals surface area (Å²) in [5.41, 5.74) is 1.12. The second-order valence-corrected chi connectivity index (χ2v) is 7.71. The molecule has 0 fully saturated rings. The summed E-state index contributed by atoms with van der Waals surface area (Å²) in [5.74, 6) is 1.81. The fraction of sp³-hybridized carbons (Fsp3) is 0.474. The van der Waals surface area contributed by atoms with Crippen molar-refractivity contribution in [3.8, 4) is 0 Å². The Morgan fingerprint density at radius 2 is 2.08 bits per heavy atom. The van der Waals surface area contributed by atoms with Crippen molar-refractivity contribution in [3.05, 3.63) is 45.8 Å². The van der Waals surface area contributed by atoms with E-state index >= 15 is 0 Å². The maximum absolute atomic E-state index is 4.74. The third-order valence-electron chi connectivity index (χ3n) is 3.73. The van der Waals surface area contributed by atoms with Gasteiger partial charge in [0.1, 0.15) is 5.82 Å². The van der Waals surface area contributed by atoms with Crippen LogP contribution >= 0.6 is 35.3 Å². The molecular weight excluding hydrogens is 457 g/mol. The van der Waals surface area contributed by atoms with Crippen molar-refractivity contribution in [1.29, 1.82) is 0 Å². The Bertz CT molecular complexity index is 699. The first-order valence-corrected chi connectivity index (χ1v) is 9.52. The molecule has 2 rings (SSSR count). The van der Waals surface area contributed by atoms with Crippen molar-refractivity contribution < 1.29 is 0 Å². The molecule has 0 saturated heterocycles. The van der Waals surface area contributed by atoms with E-state index in [1.807, 2.05) is 42.6 Å². The number of hydrogen-bond donors (Lipinski definition) is 2. The molecule has 2 N–H and O–H groups in total. The lowest BCUT2D eigenvalue weighted by Crippen LogP contribution is -2.43. The highest BCUT2D eigenvalue weighted by Gasteiger charge is 2.09. The number of hydrogen-bond acceptors (Lipinski definition) is 4. The number of nitrogens with one attached hydrogen (secondary N) is 2. The highest BCUT2D eigenvalue weighted by Crippen LogP contribution is 2.17. The molecule has 0 radical (unpaired) electrons. The second-order valence-electron chi connectivity index (χ2n) is 6.34. The number of rotatable bonds is 7. The van der Waals surface area contributed by atoms with E-state index in [0.717, 1.165) is 30.3 Å². The average molecular weight is 487 g/mol. The zero-order chi connectivity index (χ0) is 18.2. The molecule has 0 saturated carbocycles. The minimum Gasteiger partial charge on any atom is -0.362 e. The molecule has 2 aromatic heterocycles. The molecular formula is C19H30IN5S. The van der Waals surface area contributed by atoms with E-state index in [0.29, 0.717) is 12.6 Å². The summed E-state index contributed by atoms with van der Waals surface area (Å²) in [6, 6.07) is 8.74. The number of anilines is 1. The van der Waals surface area contributed by atoms with Gasteiger partial charge in [-0.25, -0.2) is 9.98 Å². The normalized spacial score (nSPS) is 12.3. The Hall–Kier alpha value is -1.35. The van der Waals surface area contributed by atoms with Crippen LogP contribution < -0.4 is 15.5 Å². The van der Waals surface area contributed by atoms with E-state index < -0.39 is 0 Å². The molecule has 5 nitrogen and oxygen atoms in total. The zero-order valence-electron chi connectivity index (χ0n) is 16.2. The molecule has 0 aliphatic carbocycles. The first-order chi connectivity index (χ1) is 12.0.